The average molecular weight is 259 g/mol. The Kier molecular flexibility index (Phi) is 3.48. The molecule has 0 saturated heterocycles. The molecule has 0 spiro atoms. The first-order valence-electron chi connectivity index (χ1n) is 5.65. The number of ether oxygens (including phenoxy) is 1. The van der Waals surface area contributed by atoms with Crippen LogP contribution in [0.3, 0.4) is 0 Å². The summed E-state index contributed by atoms with van der Waals surface area (Å²) in [5.74, 6) is -1.93. The molecular formula is C15H11F2NO. The first-order valence-corrected chi connectivity index (χ1v) is 5.65. The van der Waals surface area contributed by atoms with E-state index in [0.29, 0.717) is 5.75 Å². The van der Waals surface area contributed by atoms with Crippen LogP contribution in [0.5, 0.6) is 11.5 Å². The van der Waals surface area contributed by atoms with Crippen molar-refractivity contribution in [2.45, 2.75) is 13.8 Å². The van der Waals surface area contributed by atoms with E-state index in [4.69, 9.17) is 10.00 Å². The lowest BCUT2D eigenvalue weighted by Crippen LogP contribution is -1.95. The van der Waals surface area contributed by atoms with Crippen LogP contribution in [-0.4, -0.2) is 0 Å². The third-order valence-electron chi connectivity index (χ3n) is 2.83. The van der Waals surface area contributed by atoms with Gasteiger partial charge in [-0.25, -0.2) is 8.78 Å². The van der Waals surface area contributed by atoms with E-state index in [9.17, 15) is 8.78 Å². The molecule has 0 N–H and O–H groups in total. The number of aryl methyl sites for hydroxylation is 2. The molecule has 0 unspecified atom stereocenters. The maximum atomic E-state index is 13.6. The van der Waals surface area contributed by atoms with E-state index < -0.39 is 17.4 Å². The monoisotopic (exact) mass is 259 g/mol. The Bertz CT molecular complexity index is 651. The second-order valence-electron chi connectivity index (χ2n) is 4.23. The molecule has 2 aromatic rings. The van der Waals surface area contributed by atoms with Crippen molar-refractivity contribution in [2.24, 2.45) is 0 Å². The lowest BCUT2D eigenvalue weighted by atomic mass is 10.1. The molecule has 0 fully saturated rings. The summed E-state index contributed by atoms with van der Waals surface area (Å²) in [5.41, 5.74) is 1.95. The summed E-state index contributed by atoms with van der Waals surface area (Å²) >= 11 is 0. The van der Waals surface area contributed by atoms with Gasteiger partial charge in [-0.2, -0.15) is 5.26 Å². The molecule has 0 aliphatic heterocycles. The van der Waals surface area contributed by atoms with Gasteiger partial charge < -0.3 is 4.74 Å². The molecule has 0 aromatic heterocycles. The molecule has 0 amide bonds. The van der Waals surface area contributed by atoms with Gasteiger partial charge in [-0.1, -0.05) is 6.07 Å². The Morgan fingerprint density at radius 2 is 1.63 bits per heavy atom. The number of nitrogens with zero attached hydrogens (tertiary/aromatic N) is 1. The van der Waals surface area contributed by atoms with Crippen molar-refractivity contribution in [2.75, 3.05) is 0 Å². The van der Waals surface area contributed by atoms with Crippen molar-refractivity contribution in [1.82, 2.24) is 0 Å². The normalized spacial score (nSPS) is 10.1. The van der Waals surface area contributed by atoms with Gasteiger partial charge in [-0.15, -0.1) is 0 Å². The highest BCUT2D eigenvalue weighted by Gasteiger charge is 2.14. The van der Waals surface area contributed by atoms with Gasteiger partial charge >= 0.3 is 0 Å². The molecule has 0 heterocycles. The number of nitriles is 1. The number of hydrogen-bond donors (Lipinski definition) is 0. The molecule has 0 saturated carbocycles. The summed E-state index contributed by atoms with van der Waals surface area (Å²) in [5, 5.41) is 8.61. The van der Waals surface area contributed by atoms with E-state index in [1.54, 1.807) is 18.2 Å². The zero-order valence-electron chi connectivity index (χ0n) is 10.5. The van der Waals surface area contributed by atoms with E-state index in [0.717, 1.165) is 23.3 Å². The van der Waals surface area contributed by atoms with Crippen molar-refractivity contribution >= 4 is 0 Å². The average Bonchev–Trinajstić information content (AvgIpc) is 2.37. The predicted octanol–water partition coefficient (Wildman–Crippen LogP) is 4.25. The number of rotatable bonds is 2. The fourth-order valence-corrected chi connectivity index (χ4v) is 1.62. The smallest absolute Gasteiger partial charge is 0.198 e. The number of benzene rings is 2. The zero-order valence-corrected chi connectivity index (χ0v) is 10.5. The molecule has 0 bridgehead atoms. The fourth-order valence-electron chi connectivity index (χ4n) is 1.62. The third kappa shape index (κ3) is 2.71. The Morgan fingerprint density at radius 1 is 1.00 bits per heavy atom. The van der Waals surface area contributed by atoms with Crippen LogP contribution < -0.4 is 4.74 Å². The first-order chi connectivity index (χ1) is 9.01. The van der Waals surface area contributed by atoms with Crippen LogP contribution in [0, 0.1) is 36.8 Å². The second-order valence-corrected chi connectivity index (χ2v) is 4.23. The lowest BCUT2D eigenvalue weighted by molar-refractivity contribution is 0.407. The molecule has 0 aliphatic carbocycles. The second kappa shape index (κ2) is 5.07. The number of hydrogen-bond acceptors (Lipinski definition) is 2. The highest BCUT2D eigenvalue weighted by molar-refractivity contribution is 5.41. The van der Waals surface area contributed by atoms with Crippen LogP contribution in [0.15, 0.2) is 30.3 Å². The van der Waals surface area contributed by atoms with Gasteiger partial charge in [-0.3, -0.25) is 0 Å². The molecule has 4 heteroatoms. The van der Waals surface area contributed by atoms with E-state index in [2.05, 4.69) is 0 Å². The third-order valence-corrected chi connectivity index (χ3v) is 2.83. The SMILES string of the molecule is Cc1ccc(Oc2c(F)cc(C#N)cc2F)cc1C. The largest absolute Gasteiger partial charge is 0.451 e. The summed E-state index contributed by atoms with van der Waals surface area (Å²) in [6.45, 7) is 3.82. The maximum absolute atomic E-state index is 13.6. The Morgan fingerprint density at radius 3 is 2.16 bits per heavy atom. The van der Waals surface area contributed by atoms with Crippen LogP contribution in [0.1, 0.15) is 16.7 Å². The predicted molar refractivity (Wildman–Crippen MR) is 67.1 cm³/mol. The van der Waals surface area contributed by atoms with Crippen LogP contribution >= 0.6 is 0 Å². The van der Waals surface area contributed by atoms with Gasteiger partial charge in [-0.05, 0) is 49.2 Å². The minimum absolute atomic E-state index is 0.0811. The summed E-state index contributed by atoms with van der Waals surface area (Å²) in [7, 11) is 0. The Balaban J connectivity index is 2.38. The van der Waals surface area contributed by atoms with Gasteiger partial charge in [0.15, 0.2) is 17.4 Å². The first kappa shape index (κ1) is 13.0. The van der Waals surface area contributed by atoms with E-state index >= 15 is 0 Å². The van der Waals surface area contributed by atoms with E-state index in [-0.39, 0.29) is 5.56 Å². The molecule has 0 radical (unpaired) electrons. The van der Waals surface area contributed by atoms with Crippen LogP contribution in [0.25, 0.3) is 0 Å². The standard InChI is InChI=1S/C15H11F2NO/c1-9-3-4-12(5-10(9)2)19-15-13(16)6-11(8-18)7-14(15)17/h3-7H,1-2H3. The summed E-state index contributed by atoms with van der Waals surface area (Å²) < 4.78 is 32.5. The lowest BCUT2D eigenvalue weighted by Gasteiger charge is -2.09. The Hall–Kier alpha value is -2.41. The van der Waals surface area contributed by atoms with Crippen molar-refractivity contribution in [1.29, 1.82) is 5.26 Å². The van der Waals surface area contributed by atoms with Crippen molar-refractivity contribution in [3.63, 3.8) is 0 Å². The molecule has 0 atom stereocenters. The zero-order chi connectivity index (χ0) is 14.0. The van der Waals surface area contributed by atoms with Gasteiger partial charge in [0.25, 0.3) is 0 Å². The summed E-state index contributed by atoms with van der Waals surface area (Å²) in [6, 6.07) is 8.72. The van der Waals surface area contributed by atoms with Gasteiger partial charge in [0, 0.05) is 0 Å². The van der Waals surface area contributed by atoms with Gasteiger partial charge in [0.1, 0.15) is 5.75 Å². The molecular weight excluding hydrogens is 248 g/mol. The molecule has 0 aliphatic rings. The topological polar surface area (TPSA) is 33.0 Å². The highest BCUT2D eigenvalue weighted by atomic mass is 19.1. The van der Waals surface area contributed by atoms with Crippen LogP contribution in [-0.2, 0) is 0 Å². The van der Waals surface area contributed by atoms with Crippen molar-refractivity contribution < 1.29 is 13.5 Å². The minimum atomic E-state index is -0.894. The molecule has 19 heavy (non-hydrogen) atoms. The minimum Gasteiger partial charge on any atom is -0.451 e. The maximum Gasteiger partial charge on any atom is 0.198 e. The van der Waals surface area contributed by atoms with Crippen molar-refractivity contribution in [3.8, 4) is 17.6 Å². The summed E-state index contributed by atoms with van der Waals surface area (Å²) in [4.78, 5) is 0. The van der Waals surface area contributed by atoms with Gasteiger partial charge in [0.05, 0.1) is 11.6 Å². The van der Waals surface area contributed by atoms with Gasteiger partial charge in [0.2, 0.25) is 0 Å². The molecule has 2 nitrogen and oxygen atoms in total. The van der Waals surface area contributed by atoms with E-state index in [1.807, 2.05) is 19.9 Å². The highest BCUT2D eigenvalue weighted by Crippen LogP contribution is 2.29. The molecule has 2 rings (SSSR count). The fraction of sp³-hybridized carbons (Fsp3) is 0.133. The van der Waals surface area contributed by atoms with Crippen LogP contribution in [0.4, 0.5) is 8.78 Å². The van der Waals surface area contributed by atoms with E-state index in [1.165, 1.54) is 0 Å². The molecule has 2 aromatic carbocycles. The quantitative estimate of drug-likeness (QED) is 0.807. The molecule has 96 valence electrons. The summed E-state index contributed by atoms with van der Waals surface area (Å²) in [6.07, 6.45) is 0. The van der Waals surface area contributed by atoms with Crippen LogP contribution in [0.2, 0.25) is 0 Å². The Labute approximate surface area is 109 Å². The number of halogens is 2. The van der Waals surface area contributed by atoms with Crippen molar-refractivity contribution in [3.05, 3.63) is 58.7 Å².